The molecule has 0 amide bonds. The van der Waals surface area contributed by atoms with Crippen LogP contribution in [0.2, 0.25) is 0 Å². The lowest BCUT2D eigenvalue weighted by Gasteiger charge is -2.60. The van der Waals surface area contributed by atoms with Crippen LogP contribution >= 0.6 is 0 Å². The van der Waals surface area contributed by atoms with Crippen molar-refractivity contribution in [3.8, 4) is 0 Å². The van der Waals surface area contributed by atoms with Gasteiger partial charge >= 0.3 is 11.9 Å². The monoisotopic (exact) mass is 364 g/mol. The van der Waals surface area contributed by atoms with Crippen LogP contribution in [0.5, 0.6) is 0 Å². The van der Waals surface area contributed by atoms with Gasteiger partial charge in [-0.3, -0.25) is 9.59 Å². The summed E-state index contributed by atoms with van der Waals surface area (Å²) < 4.78 is 11.7. The number of hydrogen-bond acceptors (Lipinski definition) is 4. The van der Waals surface area contributed by atoms with Crippen molar-refractivity contribution < 1.29 is 19.1 Å². The maximum absolute atomic E-state index is 12.7. The first-order valence-electron chi connectivity index (χ1n) is 10.6. The number of hydrogen-bond donors (Lipinski definition) is 0. The molecule has 0 radical (unpaired) electrons. The molecule has 4 saturated carbocycles. The second-order valence-electron chi connectivity index (χ2n) is 9.74. The average molecular weight is 365 g/mol. The van der Waals surface area contributed by atoms with Crippen LogP contribution in [0.3, 0.4) is 0 Å². The van der Waals surface area contributed by atoms with E-state index in [0.29, 0.717) is 18.3 Å². The van der Waals surface area contributed by atoms with Gasteiger partial charge in [0.1, 0.15) is 11.7 Å². The first-order chi connectivity index (χ1) is 12.2. The first-order valence-corrected chi connectivity index (χ1v) is 10.6. The summed E-state index contributed by atoms with van der Waals surface area (Å²) in [6, 6.07) is 0. The van der Waals surface area contributed by atoms with Gasteiger partial charge in [-0.1, -0.05) is 13.8 Å². The molecule has 0 aliphatic heterocycles. The van der Waals surface area contributed by atoms with Crippen molar-refractivity contribution in [1.29, 1.82) is 0 Å². The Morgan fingerprint density at radius 3 is 2.04 bits per heavy atom. The first kappa shape index (κ1) is 19.7. The maximum atomic E-state index is 12.7. The molecule has 4 nitrogen and oxygen atoms in total. The summed E-state index contributed by atoms with van der Waals surface area (Å²) in [5.74, 6) is 2.34. The van der Waals surface area contributed by atoms with E-state index in [4.69, 9.17) is 9.47 Å². The lowest BCUT2D eigenvalue weighted by Crippen LogP contribution is -2.59. The second-order valence-corrected chi connectivity index (χ2v) is 9.74. The number of rotatable bonds is 7. The molecule has 4 fully saturated rings. The van der Waals surface area contributed by atoms with Gasteiger partial charge in [-0.15, -0.1) is 0 Å². The Morgan fingerprint density at radius 1 is 1.04 bits per heavy atom. The van der Waals surface area contributed by atoms with E-state index in [2.05, 4.69) is 6.92 Å². The minimum absolute atomic E-state index is 0.152. The zero-order chi connectivity index (χ0) is 19.1. The predicted molar refractivity (Wildman–Crippen MR) is 100 cm³/mol. The van der Waals surface area contributed by atoms with E-state index >= 15 is 0 Å². The number of esters is 2. The van der Waals surface area contributed by atoms with Crippen LogP contribution < -0.4 is 0 Å². The zero-order valence-corrected chi connectivity index (χ0v) is 17.2. The Hall–Kier alpha value is -1.06. The second kappa shape index (κ2) is 7.16. The van der Waals surface area contributed by atoms with Gasteiger partial charge in [0.05, 0.1) is 11.8 Å². The van der Waals surface area contributed by atoms with Crippen LogP contribution in [-0.2, 0) is 19.1 Å². The van der Waals surface area contributed by atoms with Crippen LogP contribution in [0.1, 0.15) is 86.0 Å². The van der Waals surface area contributed by atoms with Crippen LogP contribution in [0, 0.1) is 29.1 Å². The van der Waals surface area contributed by atoms with Gasteiger partial charge in [0.15, 0.2) is 0 Å². The molecule has 4 aliphatic rings. The molecule has 4 aliphatic carbocycles. The summed E-state index contributed by atoms with van der Waals surface area (Å²) in [6.45, 7) is 9.68. The summed E-state index contributed by atoms with van der Waals surface area (Å²) in [5.41, 5.74) is -0.777. The zero-order valence-electron chi connectivity index (χ0n) is 17.2. The summed E-state index contributed by atoms with van der Waals surface area (Å²) >= 11 is 0. The SMILES string of the molecule is CCC(C)(C)C(=O)OC(C)CC(=O)OC1(CC)C2CC3CC(C2)CC1C3. The molecule has 4 rings (SSSR count). The molecule has 148 valence electrons. The highest BCUT2D eigenvalue weighted by Crippen LogP contribution is 2.60. The molecule has 26 heavy (non-hydrogen) atoms. The van der Waals surface area contributed by atoms with Crippen LogP contribution in [0.4, 0.5) is 0 Å². The third-order valence-corrected chi connectivity index (χ3v) is 7.58. The predicted octanol–water partition coefficient (Wildman–Crippen LogP) is 4.89. The largest absolute Gasteiger partial charge is 0.462 e. The van der Waals surface area contributed by atoms with Crippen molar-refractivity contribution >= 4 is 11.9 Å². The lowest BCUT2D eigenvalue weighted by molar-refractivity contribution is -0.212. The molecule has 1 atom stereocenters. The topological polar surface area (TPSA) is 52.6 Å². The fourth-order valence-electron chi connectivity index (χ4n) is 5.81. The lowest BCUT2D eigenvalue weighted by atomic mass is 9.49. The van der Waals surface area contributed by atoms with Crippen molar-refractivity contribution in [2.45, 2.75) is 97.7 Å². The van der Waals surface area contributed by atoms with Gasteiger partial charge in [-0.25, -0.2) is 0 Å². The minimum atomic E-state index is -0.510. The highest BCUT2D eigenvalue weighted by Gasteiger charge is 2.58. The number of ether oxygens (including phenoxy) is 2. The fraction of sp³-hybridized carbons (Fsp3) is 0.909. The standard InChI is InChI=1S/C22H36O4/c1-6-21(4,5)20(24)25-14(3)8-19(23)26-22(7-2)17-10-15-9-16(12-17)13-18(22)11-15/h14-18H,6-13H2,1-5H3. The van der Waals surface area contributed by atoms with E-state index in [1.54, 1.807) is 6.92 Å². The molecule has 1 unspecified atom stereocenters. The molecule has 0 aromatic heterocycles. The normalized spacial score (nSPS) is 36.7. The quantitative estimate of drug-likeness (QED) is 0.603. The van der Waals surface area contributed by atoms with Crippen molar-refractivity contribution in [2.24, 2.45) is 29.1 Å². The van der Waals surface area contributed by atoms with Crippen molar-refractivity contribution in [1.82, 2.24) is 0 Å². The Balaban J connectivity index is 1.59. The van der Waals surface area contributed by atoms with Gasteiger partial charge in [0.2, 0.25) is 0 Å². The third kappa shape index (κ3) is 3.53. The Kier molecular flexibility index (Phi) is 5.43. The highest BCUT2D eigenvalue weighted by atomic mass is 16.6. The van der Waals surface area contributed by atoms with Crippen molar-refractivity contribution in [3.63, 3.8) is 0 Å². The van der Waals surface area contributed by atoms with E-state index < -0.39 is 11.5 Å². The molecule has 0 saturated heterocycles. The van der Waals surface area contributed by atoms with Gasteiger partial charge in [-0.2, -0.15) is 0 Å². The summed E-state index contributed by atoms with van der Waals surface area (Å²) in [5, 5.41) is 0. The molecule has 0 spiro atoms. The van der Waals surface area contributed by atoms with Crippen molar-refractivity contribution in [2.75, 3.05) is 0 Å². The Bertz CT molecular complexity index is 522. The molecule has 0 heterocycles. The van der Waals surface area contributed by atoms with Crippen molar-refractivity contribution in [3.05, 3.63) is 0 Å². The molecular weight excluding hydrogens is 328 g/mol. The number of carbonyl (C=O) groups excluding carboxylic acids is 2. The molecule has 4 heteroatoms. The summed E-state index contributed by atoms with van der Waals surface area (Å²) in [4.78, 5) is 24.9. The number of carbonyl (C=O) groups is 2. The van der Waals surface area contributed by atoms with Crippen LogP contribution in [0.25, 0.3) is 0 Å². The van der Waals surface area contributed by atoms with Gasteiger partial charge in [0.25, 0.3) is 0 Å². The molecule has 4 bridgehead atoms. The van der Waals surface area contributed by atoms with Gasteiger partial charge < -0.3 is 9.47 Å². The van der Waals surface area contributed by atoms with Gasteiger partial charge in [-0.05, 0) is 89.4 Å². The summed E-state index contributed by atoms with van der Waals surface area (Å²) in [7, 11) is 0. The van der Waals surface area contributed by atoms with Gasteiger partial charge in [0, 0.05) is 0 Å². The fourth-order valence-corrected chi connectivity index (χ4v) is 5.81. The smallest absolute Gasteiger partial charge is 0.311 e. The van der Waals surface area contributed by atoms with E-state index in [1.807, 2.05) is 20.8 Å². The average Bonchev–Trinajstić information content (AvgIpc) is 2.57. The Labute approximate surface area is 158 Å². The molecule has 0 N–H and O–H groups in total. The third-order valence-electron chi connectivity index (χ3n) is 7.58. The minimum Gasteiger partial charge on any atom is -0.462 e. The van der Waals surface area contributed by atoms with E-state index in [0.717, 1.165) is 18.3 Å². The Morgan fingerprint density at radius 2 is 1.58 bits per heavy atom. The molecular formula is C22H36O4. The maximum Gasteiger partial charge on any atom is 0.311 e. The van der Waals surface area contributed by atoms with E-state index in [9.17, 15) is 9.59 Å². The van der Waals surface area contributed by atoms with E-state index in [1.165, 1.54) is 32.1 Å². The summed E-state index contributed by atoms with van der Waals surface area (Å²) in [6.07, 6.45) is 7.63. The van der Waals surface area contributed by atoms with E-state index in [-0.39, 0.29) is 24.0 Å². The molecule has 0 aromatic rings. The molecule has 0 aromatic carbocycles. The highest BCUT2D eigenvalue weighted by molar-refractivity contribution is 5.77. The van der Waals surface area contributed by atoms with Crippen LogP contribution in [0.15, 0.2) is 0 Å². The van der Waals surface area contributed by atoms with Crippen LogP contribution in [-0.4, -0.2) is 23.6 Å².